The van der Waals surface area contributed by atoms with Gasteiger partial charge in [-0.05, 0) is 20.8 Å². The van der Waals surface area contributed by atoms with Gasteiger partial charge in [-0.25, -0.2) is 4.98 Å². The number of hydrogen-bond acceptors (Lipinski definition) is 6. The summed E-state index contributed by atoms with van der Waals surface area (Å²) >= 11 is 0. The lowest BCUT2D eigenvalue weighted by Gasteiger charge is -2.26. The first kappa shape index (κ1) is 13.2. The summed E-state index contributed by atoms with van der Waals surface area (Å²) in [5.74, 6) is 0.621. The van der Waals surface area contributed by atoms with E-state index >= 15 is 0 Å². The molecule has 0 radical (unpaired) electrons. The Morgan fingerprint density at radius 3 is 2.76 bits per heavy atom. The van der Waals surface area contributed by atoms with E-state index < -0.39 is 0 Å². The highest BCUT2D eigenvalue weighted by atomic mass is 16.5. The number of esters is 1. The Morgan fingerprint density at radius 2 is 2.24 bits per heavy atom. The predicted octanol–water partition coefficient (Wildman–Crippen LogP) is 0.837. The minimum absolute atomic E-state index is 0.107. The summed E-state index contributed by atoms with van der Waals surface area (Å²) < 4.78 is 4.91. The Bertz CT molecular complexity index is 381. The Kier molecular flexibility index (Phi) is 4.68. The van der Waals surface area contributed by atoms with Crippen molar-refractivity contribution in [2.45, 2.75) is 26.8 Å². The molecule has 0 aromatic carbocycles. The standard InChI is InChI=1S/C11H18N4O2/c1-4-17-11(16)7-15(8(2)3)10-6-13-5-9(12)14-10/h5-6,8H,4,7H2,1-3H3,(H2,12,14). The van der Waals surface area contributed by atoms with Crippen LogP contribution in [0.4, 0.5) is 11.6 Å². The van der Waals surface area contributed by atoms with Gasteiger partial charge in [-0.1, -0.05) is 0 Å². The SMILES string of the molecule is CCOC(=O)CN(c1cncc(N)n1)C(C)C. The molecule has 1 aromatic rings. The zero-order valence-corrected chi connectivity index (χ0v) is 10.4. The minimum atomic E-state index is -0.287. The number of anilines is 2. The lowest BCUT2D eigenvalue weighted by atomic mass is 10.3. The molecule has 0 aliphatic carbocycles. The molecule has 0 atom stereocenters. The second-order valence-electron chi connectivity index (χ2n) is 3.83. The molecular weight excluding hydrogens is 220 g/mol. The number of hydrogen-bond donors (Lipinski definition) is 1. The van der Waals surface area contributed by atoms with Crippen LogP contribution in [0.15, 0.2) is 12.4 Å². The first-order valence-corrected chi connectivity index (χ1v) is 5.54. The maximum atomic E-state index is 11.5. The Morgan fingerprint density at radius 1 is 1.53 bits per heavy atom. The fourth-order valence-electron chi connectivity index (χ4n) is 1.38. The molecular formula is C11H18N4O2. The van der Waals surface area contributed by atoms with Crippen molar-refractivity contribution in [1.29, 1.82) is 0 Å². The van der Waals surface area contributed by atoms with E-state index in [0.29, 0.717) is 18.2 Å². The molecule has 0 amide bonds. The van der Waals surface area contributed by atoms with Crippen molar-refractivity contribution >= 4 is 17.6 Å². The molecule has 0 aliphatic rings. The third-order valence-corrected chi connectivity index (χ3v) is 2.16. The third-order valence-electron chi connectivity index (χ3n) is 2.16. The van der Waals surface area contributed by atoms with Gasteiger partial charge in [0.25, 0.3) is 0 Å². The Labute approximate surface area is 101 Å². The van der Waals surface area contributed by atoms with Crippen molar-refractivity contribution in [2.75, 3.05) is 23.8 Å². The van der Waals surface area contributed by atoms with Gasteiger partial charge in [0, 0.05) is 6.04 Å². The maximum absolute atomic E-state index is 11.5. The van der Waals surface area contributed by atoms with Crippen molar-refractivity contribution in [3.8, 4) is 0 Å². The largest absolute Gasteiger partial charge is 0.465 e. The van der Waals surface area contributed by atoms with Gasteiger partial charge >= 0.3 is 5.97 Å². The summed E-state index contributed by atoms with van der Waals surface area (Å²) in [4.78, 5) is 21.4. The molecule has 6 heteroatoms. The predicted molar refractivity (Wildman–Crippen MR) is 65.6 cm³/mol. The minimum Gasteiger partial charge on any atom is -0.465 e. The van der Waals surface area contributed by atoms with Gasteiger partial charge in [-0.15, -0.1) is 0 Å². The highest BCUT2D eigenvalue weighted by Crippen LogP contribution is 2.13. The lowest BCUT2D eigenvalue weighted by Crippen LogP contribution is -2.37. The molecule has 0 saturated heterocycles. The van der Waals surface area contributed by atoms with E-state index in [-0.39, 0.29) is 18.6 Å². The number of nitrogens with two attached hydrogens (primary N) is 1. The van der Waals surface area contributed by atoms with Gasteiger partial charge in [0.2, 0.25) is 0 Å². The third kappa shape index (κ3) is 3.90. The van der Waals surface area contributed by atoms with E-state index in [1.165, 1.54) is 6.20 Å². The zero-order valence-electron chi connectivity index (χ0n) is 10.4. The summed E-state index contributed by atoms with van der Waals surface area (Å²) in [6, 6.07) is 0.107. The van der Waals surface area contributed by atoms with Crippen molar-refractivity contribution in [3.63, 3.8) is 0 Å². The number of ether oxygens (including phenoxy) is 1. The molecule has 1 rings (SSSR count). The second-order valence-corrected chi connectivity index (χ2v) is 3.83. The molecule has 1 heterocycles. The highest BCUT2D eigenvalue weighted by molar-refractivity contribution is 5.75. The molecule has 0 unspecified atom stereocenters. The maximum Gasteiger partial charge on any atom is 0.325 e. The van der Waals surface area contributed by atoms with E-state index in [1.807, 2.05) is 13.8 Å². The molecule has 1 aromatic heterocycles. The number of carbonyl (C=O) groups excluding carboxylic acids is 1. The summed E-state index contributed by atoms with van der Waals surface area (Å²) in [7, 11) is 0. The van der Waals surface area contributed by atoms with E-state index in [9.17, 15) is 4.79 Å². The monoisotopic (exact) mass is 238 g/mol. The van der Waals surface area contributed by atoms with Crippen LogP contribution in [0.25, 0.3) is 0 Å². The van der Waals surface area contributed by atoms with Crippen LogP contribution < -0.4 is 10.6 Å². The summed E-state index contributed by atoms with van der Waals surface area (Å²) in [5, 5.41) is 0. The molecule has 17 heavy (non-hydrogen) atoms. The smallest absolute Gasteiger partial charge is 0.325 e. The molecule has 94 valence electrons. The topological polar surface area (TPSA) is 81.3 Å². The van der Waals surface area contributed by atoms with Gasteiger partial charge in [0.15, 0.2) is 0 Å². The first-order valence-electron chi connectivity index (χ1n) is 5.54. The Balaban J connectivity index is 2.82. The molecule has 0 fully saturated rings. The van der Waals surface area contributed by atoms with Crippen LogP contribution >= 0.6 is 0 Å². The molecule has 0 saturated carbocycles. The van der Waals surface area contributed by atoms with E-state index in [2.05, 4.69) is 9.97 Å². The van der Waals surface area contributed by atoms with Crippen molar-refractivity contribution in [3.05, 3.63) is 12.4 Å². The van der Waals surface area contributed by atoms with Crippen molar-refractivity contribution < 1.29 is 9.53 Å². The fraction of sp³-hybridized carbons (Fsp3) is 0.545. The van der Waals surface area contributed by atoms with Crippen LogP contribution in [-0.2, 0) is 9.53 Å². The average Bonchev–Trinajstić information content (AvgIpc) is 2.26. The molecule has 0 aliphatic heterocycles. The van der Waals surface area contributed by atoms with E-state index in [4.69, 9.17) is 10.5 Å². The number of nitrogens with zero attached hydrogens (tertiary/aromatic N) is 3. The van der Waals surface area contributed by atoms with Gasteiger partial charge < -0.3 is 15.4 Å². The number of aromatic nitrogens is 2. The van der Waals surface area contributed by atoms with Gasteiger partial charge in [-0.2, -0.15) is 0 Å². The van der Waals surface area contributed by atoms with Crippen LogP contribution in [0.1, 0.15) is 20.8 Å². The number of carbonyl (C=O) groups is 1. The zero-order chi connectivity index (χ0) is 12.8. The van der Waals surface area contributed by atoms with Crippen molar-refractivity contribution in [2.24, 2.45) is 0 Å². The van der Waals surface area contributed by atoms with Crippen LogP contribution in [0.3, 0.4) is 0 Å². The van der Waals surface area contributed by atoms with E-state index in [1.54, 1.807) is 18.0 Å². The van der Waals surface area contributed by atoms with Crippen LogP contribution in [0, 0.1) is 0 Å². The van der Waals surface area contributed by atoms with Gasteiger partial charge in [0.1, 0.15) is 18.2 Å². The first-order chi connectivity index (χ1) is 8.04. The van der Waals surface area contributed by atoms with Gasteiger partial charge in [-0.3, -0.25) is 9.78 Å². The summed E-state index contributed by atoms with van der Waals surface area (Å²) in [5.41, 5.74) is 5.57. The van der Waals surface area contributed by atoms with Gasteiger partial charge in [0.05, 0.1) is 19.0 Å². The Hall–Kier alpha value is -1.85. The molecule has 0 bridgehead atoms. The van der Waals surface area contributed by atoms with Crippen molar-refractivity contribution in [1.82, 2.24) is 9.97 Å². The lowest BCUT2D eigenvalue weighted by molar-refractivity contribution is -0.141. The quantitative estimate of drug-likeness (QED) is 0.765. The summed E-state index contributed by atoms with van der Waals surface area (Å²) in [6.07, 6.45) is 3.04. The average molecular weight is 238 g/mol. The van der Waals surface area contributed by atoms with Crippen LogP contribution in [0.2, 0.25) is 0 Å². The number of rotatable bonds is 5. The fourth-order valence-corrected chi connectivity index (χ4v) is 1.38. The second kappa shape index (κ2) is 6.03. The molecule has 0 spiro atoms. The summed E-state index contributed by atoms with van der Waals surface area (Å²) in [6.45, 7) is 6.21. The van der Waals surface area contributed by atoms with Crippen LogP contribution in [-0.4, -0.2) is 35.1 Å². The highest BCUT2D eigenvalue weighted by Gasteiger charge is 2.17. The normalized spacial score (nSPS) is 10.4. The number of nitrogen functional groups attached to an aromatic ring is 1. The molecule has 2 N–H and O–H groups in total. The molecule has 6 nitrogen and oxygen atoms in total. The van der Waals surface area contributed by atoms with Crippen LogP contribution in [0.5, 0.6) is 0 Å². The van der Waals surface area contributed by atoms with E-state index in [0.717, 1.165) is 0 Å².